The Morgan fingerprint density at radius 3 is 2.75 bits per heavy atom. The van der Waals surface area contributed by atoms with E-state index in [1.807, 2.05) is 0 Å². The quantitative estimate of drug-likeness (QED) is 0.636. The first-order valence-corrected chi connectivity index (χ1v) is 6.20. The Labute approximate surface area is 97.1 Å². The Hall–Kier alpha value is -0.920. The number of Topliss-reactive ketones (excluding diaryl/α,β-unsaturated/α-hetero) is 1. The minimum atomic E-state index is 0.169. The molecule has 0 spiro atoms. The molecule has 0 radical (unpaired) electrons. The van der Waals surface area contributed by atoms with E-state index >= 15 is 0 Å². The van der Waals surface area contributed by atoms with Crippen LogP contribution in [0.25, 0.3) is 0 Å². The molecule has 0 amide bonds. The maximum Gasteiger partial charge on any atom is 0.145 e. The largest absolute Gasteiger partial charge is 0.300 e. The van der Waals surface area contributed by atoms with Gasteiger partial charge in [-0.1, -0.05) is 19.4 Å². The molecule has 0 aliphatic heterocycles. The maximum absolute atomic E-state index is 11.8. The zero-order chi connectivity index (χ0) is 11.8. The van der Waals surface area contributed by atoms with Crippen molar-refractivity contribution in [1.29, 1.82) is 0 Å². The lowest BCUT2D eigenvalue weighted by Crippen LogP contribution is -2.22. The summed E-state index contributed by atoms with van der Waals surface area (Å²) in [5.41, 5.74) is 2.43. The van der Waals surface area contributed by atoms with Gasteiger partial charge in [-0.2, -0.15) is 0 Å². The molecule has 1 fully saturated rings. The van der Waals surface area contributed by atoms with Gasteiger partial charge in [-0.05, 0) is 42.6 Å². The molecule has 1 atom stereocenters. The van der Waals surface area contributed by atoms with Crippen molar-refractivity contribution in [3.8, 4) is 0 Å². The van der Waals surface area contributed by atoms with Crippen LogP contribution in [0.2, 0.25) is 0 Å². The molecule has 2 aliphatic rings. The van der Waals surface area contributed by atoms with Crippen molar-refractivity contribution >= 4 is 12.1 Å². The predicted molar refractivity (Wildman–Crippen MR) is 63.1 cm³/mol. The molecule has 2 aliphatic carbocycles. The van der Waals surface area contributed by atoms with E-state index in [0.717, 1.165) is 37.5 Å². The minimum absolute atomic E-state index is 0.169. The molecule has 0 heterocycles. The van der Waals surface area contributed by atoms with E-state index in [0.29, 0.717) is 24.5 Å². The molecule has 2 rings (SSSR count). The van der Waals surface area contributed by atoms with Crippen molar-refractivity contribution in [3.05, 3.63) is 11.1 Å². The Bertz CT molecular complexity index is 350. The van der Waals surface area contributed by atoms with Crippen LogP contribution in [0.4, 0.5) is 0 Å². The lowest BCUT2D eigenvalue weighted by molar-refractivity contribution is -0.120. The highest BCUT2D eigenvalue weighted by atomic mass is 16.1. The number of hydrogen-bond acceptors (Lipinski definition) is 2. The number of allylic oxidation sites excluding steroid dienone is 2. The van der Waals surface area contributed by atoms with Crippen LogP contribution < -0.4 is 0 Å². The molecule has 1 saturated carbocycles. The number of rotatable bonds is 1. The molecular weight excluding hydrogens is 200 g/mol. The second-order valence-corrected chi connectivity index (χ2v) is 5.99. The van der Waals surface area contributed by atoms with Crippen LogP contribution in [0, 0.1) is 11.3 Å². The molecule has 0 unspecified atom stereocenters. The van der Waals surface area contributed by atoms with Gasteiger partial charge in [-0.3, -0.25) is 9.59 Å². The number of carbonyl (C=O) groups is 2. The molecule has 0 bridgehead atoms. The molecule has 2 heteroatoms. The van der Waals surface area contributed by atoms with Gasteiger partial charge in [0.1, 0.15) is 12.1 Å². The van der Waals surface area contributed by atoms with Crippen LogP contribution in [0.15, 0.2) is 11.1 Å². The zero-order valence-electron chi connectivity index (χ0n) is 10.2. The Morgan fingerprint density at radius 1 is 1.31 bits per heavy atom. The Balaban J connectivity index is 2.30. The predicted octanol–water partition coefficient (Wildman–Crippen LogP) is 3.06. The van der Waals surface area contributed by atoms with Gasteiger partial charge in [0.2, 0.25) is 0 Å². The highest BCUT2D eigenvalue weighted by molar-refractivity contribution is 5.81. The van der Waals surface area contributed by atoms with Gasteiger partial charge in [0.25, 0.3) is 0 Å². The summed E-state index contributed by atoms with van der Waals surface area (Å²) >= 11 is 0. The third kappa shape index (κ3) is 2.26. The molecular formula is C14H20O2. The first-order valence-electron chi connectivity index (χ1n) is 6.20. The summed E-state index contributed by atoms with van der Waals surface area (Å²) in [5, 5.41) is 0. The van der Waals surface area contributed by atoms with Crippen LogP contribution >= 0.6 is 0 Å². The van der Waals surface area contributed by atoms with Crippen LogP contribution in [0.5, 0.6) is 0 Å². The fourth-order valence-electron chi connectivity index (χ4n) is 3.00. The first-order chi connectivity index (χ1) is 7.52. The second-order valence-electron chi connectivity index (χ2n) is 5.99. The SMILES string of the molecule is CC1(C)CCC(=O)C[C@@H]2CCC(C=O)=C2C1. The van der Waals surface area contributed by atoms with Crippen molar-refractivity contribution in [1.82, 2.24) is 0 Å². The monoisotopic (exact) mass is 220 g/mol. The summed E-state index contributed by atoms with van der Waals surface area (Å²) in [5.74, 6) is 0.745. The van der Waals surface area contributed by atoms with Crippen molar-refractivity contribution in [2.24, 2.45) is 11.3 Å². The van der Waals surface area contributed by atoms with Crippen molar-refractivity contribution in [3.63, 3.8) is 0 Å². The lowest BCUT2D eigenvalue weighted by Gasteiger charge is -2.30. The van der Waals surface area contributed by atoms with Crippen LogP contribution in [0.3, 0.4) is 0 Å². The highest BCUT2D eigenvalue weighted by Gasteiger charge is 2.33. The third-order valence-electron chi connectivity index (χ3n) is 4.03. The summed E-state index contributed by atoms with van der Waals surface area (Å²) in [6.07, 6.45) is 6.23. The number of hydrogen-bond donors (Lipinski definition) is 0. The zero-order valence-corrected chi connectivity index (χ0v) is 10.2. The van der Waals surface area contributed by atoms with Crippen LogP contribution in [-0.4, -0.2) is 12.1 Å². The molecule has 0 aromatic rings. The smallest absolute Gasteiger partial charge is 0.145 e. The first kappa shape index (κ1) is 11.6. The summed E-state index contributed by atoms with van der Waals surface area (Å²) in [7, 11) is 0. The molecule has 88 valence electrons. The summed E-state index contributed by atoms with van der Waals surface area (Å²) < 4.78 is 0. The standard InChI is InChI=1S/C14H20O2/c1-14(2)6-5-12(16)7-10-3-4-11(9-15)13(10)8-14/h9-10H,3-8H2,1-2H3/t10-/m0/s1. The van der Waals surface area contributed by atoms with Gasteiger partial charge in [0, 0.05) is 12.8 Å². The van der Waals surface area contributed by atoms with E-state index in [4.69, 9.17) is 0 Å². The van der Waals surface area contributed by atoms with Gasteiger partial charge in [0.05, 0.1) is 0 Å². The van der Waals surface area contributed by atoms with E-state index in [2.05, 4.69) is 13.8 Å². The Morgan fingerprint density at radius 2 is 2.06 bits per heavy atom. The molecule has 0 N–H and O–H groups in total. The van der Waals surface area contributed by atoms with E-state index in [1.54, 1.807) is 0 Å². The summed E-state index contributed by atoms with van der Waals surface area (Å²) in [6, 6.07) is 0. The minimum Gasteiger partial charge on any atom is -0.300 e. The lowest BCUT2D eigenvalue weighted by atomic mass is 9.74. The van der Waals surface area contributed by atoms with Gasteiger partial charge >= 0.3 is 0 Å². The average Bonchev–Trinajstić information content (AvgIpc) is 2.56. The molecule has 2 nitrogen and oxygen atoms in total. The normalized spacial score (nSPS) is 29.6. The topological polar surface area (TPSA) is 34.1 Å². The van der Waals surface area contributed by atoms with Gasteiger partial charge < -0.3 is 0 Å². The van der Waals surface area contributed by atoms with E-state index in [9.17, 15) is 9.59 Å². The summed E-state index contributed by atoms with van der Waals surface area (Å²) in [4.78, 5) is 22.8. The fourth-order valence-corrected chi connectivity index (χ4v) is 3.00. The Kier molecular flexibility index (Phi) is 3.00. The van der Waals surface area contributed by atoms with Gasteiger partial charge in [-0.25, -0.2) is 0 Å². The highest BCUT2D eigenvalue weighted by Crippen LogP contribution is 2.44. The average molecular weight is 220 g/mol. The van der Waals surface area contributed by atoms with Crippen LogP contribution in [0.1, 0.15) is 52.4 Å². The van der Waals surface area contributed by atoms with Crippen LogP contribution in [-0.2, 0) is 9.59 Å². The van der Waals surface area contributed by atoms with E-state index in [1.165, 1.54) is 5.57 Å². The van der Waals surface area contributed by atoms with Crippen molar-refractivity contribution in [2.45, 2.75) is 52.4 Å². The third-order valence-corrected chi connectivity index (χ3v) is 4.03. The van der Waals surface area contributed by atoms with E-state index in [-0.39, 0.29) is 5.41 Å². The number of fused-ring (bicyclic) bond motifs is 1. The second kappa shape index (κ2) is 4.15. The van der Waals surface area contributed by atoms with E-state index < -0.39 is 0 Å². The molecule has 16 heavy (non-hydrogen) atoms. The molecule has 0 saturated heterocycles. The van der Waals surface area contributed by atoms with Crippen molar-refractivity contribution < 1.29 is 9.59 Å². The number of carbonyl (C=O) groups excluding carboxylic acids is 2. The molecule has 0 aromatic heterocycles. The fraction of sp³-hybridized carbons (Fsp3) is 0.714. The maximum atomic E-state index is 11.8. The van der Waals surface area contributed by atoms with Crippen molar-refractivity contribution in [2.75, 3.05) is 0 Å². The summed E-state index contributed by atoms with van der Waals surface area (Å²) in [6.45, 7) is 4.41. The number of ketones is 1. The molecule has 0 aromatic carbocycles. The van der Waals surface area contributed by atoms with Gasteiger partial charge in [0.15, 0.2) is 0 Å². The number of aldehydes is 1. The van der Waals surface area contributed by atoms with Gasteiger partial charge in [-0.15, -0.1) is 0 Å².